The number of carbonyl (C=O) groups excluding carboxylic acids is 1. The van der Waals surface area contributed by atoms with Crippen LogP contribution in [-0.2, 0) is 0 Å². The topological polar surface area (TPSA) is 41.1 Å². The summed E-state index contributed by atoms with van der Waals surface area (Å²) in [4.78, 5) is 12.1. The molecule has 0 radical (unpaired) electrons. The van der Waals surface area contributed by atoms with Gasteiger partial charge in [0.15, 0.2) is 0 Å². The van der Waals surface area contributed by atoms with Gasteiger partial charge >= 0.3 is 0 Å². The third-order valence-corrected chi connectivity index (χ3v) is 3.00. The molecule has 0 aliphatic carbocycles. The number of para-hydroxylation sites is 1. The molecule has 1 amide bonds. The molecule has 0 heterocycles. The Morgan fingerprint density at radius 1 is 1.17 bits per heavy atom. The first kappa shape index (κ1) is 14.6. The lowest BCUT2D eigenvalue weighted by atomic mass is 10.0. The molecule has 0 saturated heterocycles. The van der Waals surface area contributed by atoms with E-state index in [0.717, 1.165) is 18.5 Å². The van der Waals surface area contributed by atoms with Crippen LogP contribution < -0.4 is 10.6 Å². The quantitative estimate of drug-likeness (QED) is 0.811. The molecule has 1 aromatic rings. The fraction of sp³-hybridized carbons (Fsp3) is 0.533. The SMILES string of the molecule is CNc1ccccc1C(=O)NC(C)CCC(C)C. The number of rotatable bonds is 6. The fourth-order valence-electron chi connectivity index (χ4n) is 1.86. The van der Waals surface area contributed by atoms with Crippen LogP contribution in [0.5, 0.6) is 0 Å². The highest BCUT2D eigenvalue weighted by Gasteiger charge is 2.12. The van der Waals surface area contributed by atoms with Crippen molar-refractivity contribution in [1.29, 1.82) is 0 Å². The summed E-state index contributed by atoms with van der Waals surface area (Å²) in [6.45, 7) is 6.46. The van der Waals surface area contributed by atoms with Crippen LogP contribution in [0.2, 0.25) is 0 Å². The Balaban J connectivity index is 2.59. The molecule has 1 rings (SSSR count). The molecule has 3 heteroatoms. The molecule has 2 N–H and O–H groups in total. The number of carbonyl (C=O) groups is 1. The minimum atomic E-state index is -0.00351. The van der Waals surface area contributed by atoms with E-state index in [4.69, 9.17) is 0 Å². The van der Waals surface area contributed by atoms with E-state index in [1.807, 2.05) is 31.3 Å². The molecule has 100 valence electrons. The van der Waals surface area contributed by atoms with Crippen molar-refractivity contribution in [3.63, 3.8) is 0 Å². The highest BCUT2D eigenvalue weighted by molar-refractivity contribution is 5.99. The number of anilines is 1. The van der Waals surface area contributed by atoms with Gasteiger partial charge in [0.05, 0.1) is 5.56 Å². The van der Waals surface area contributed by atoms with Gasteiger partial charge < -0.3 is 10.6 Å². The number of hydrogen-bond donors (Lipinski definition) is 2. The van der Waals surface area contributed by atoms with Gasteiger partial charge in [0.1, 0.15) is 0 Å². The summed E-state index contributed by atoms with van der Waals surface area (Å²) < 4.78 is 0. The summed E-state index contributed by atoms with van der Waals surface area (Å²) in [5.74, 6) is 0.671. The summed E-state index contributed by atoms with van der Waals surface area (Å²) in [5.41, 5.74) is 1.57. The maximum atomic E-state index is 12.1. The normalized spacial score (nSPS) is 12.3. The molecular formula is C15H24N2O. The zero-order valence-electron chi connectivity index (χ0n) is 11.8. The summed E-state index contributed by atoms with van der Waals surface area (Å²) in [5, 5.41) is 6.09. The van der Waals surface area contributed by atoms with Gasteiger partial charge in [0, 0.05) is 18.8 Å². The number of hydrogen-bond acceptors (Lipinski definition) is 2. The van der Waals surface area contributed by atoms with Crippen molar-refractivity contribution in [2.24, 2.45) is 5.92 Å². The van der Waals surface area contributed by atoms with Crippen LogP contribution >= 0.6 is 0 Å². The van der Waals surface area contributed by atoms with Crippen molar-refractivity contribution in [3.05, 3.63) is 29.8 Å². The Kier molecular flexibility index (Phi) is 5.69. The van der Waals surface area contributed by atoms with E-state index in [9.17, 15) is 4.79 Å². The van der Waals surface area contributed by atoms with Crippen molar-refractivity contribution in [3.8, 4) is 0 Å². The van der Waals surface area contributed by atoms with Gasteiger partial charge in [0.25, 0.3) is 5.91 Å². The maximum absolute atomic E-state index is 12.1. The molecular weight excluding hydrogens is 224 g/mol. The average Bonchev–Trinajstić information content (AvgIpc) is 2.36. The summed E-state index contributed by atoms with van der Waals surface area (Å²) in [7, 11) is 1.83. The second-order valence-electron chi connectivity index (χ2n) is 5.14. The lowest BCUT2D eigenvalue weighted by molar-refractivity contribution is 0.0938. The lowest BCUT2D eigenvalue weighted by Crippen LogP contribution is -2.33. The minimum Gasteiger partial charge on any atom is -0.387 e. The average molecular weight is 248 g/mol. The Morgan fingerprint density at radius 3 is 2.44 bits per heavy atom. The van der Waals surface area contributed by atoms with E-state index >= 15 is 0 Å². The van der Waals surface area contributed by atoms with Crippen LogP contribution in [0, 0.1) is 5.92 Å². The van der Waals surface area contributed by atoms with Crippen LogP contribution in [0.4, 0.5) is 5.69 Å². The fourth-order valence-corrected chi connectivity index (χ4v) is 1.86. The van der Waals surface area contributed by atoms with Crippen molar-refractivity contribution >= 4 is 11.6 Å². The largest absolute Gasteiger partial charge is 0.387 e. The highest BCUT2D eigenvalue weighted by Crippen LogP contribution is 2.14. The van der Waals surface area contributed by atoms with Crippen LogP contribution in [0.3, 0.4) is 0 Å². The van der Waals surface area contributed by atoms with Crippen molar-refractivity contribution < 1.29 is 4.79 Å². The molecule has 3 nitrogen and oxygen atoms in total. The van der Waals surface area contributed by atoms with Gasteiger partial charge in [0.2, 0.25) is 0 Å². The van der Waals surface area contributed by atoms with Gasteiger partial charge in [-0.1, -0.05) is 26.0 Å². The van der Waals surface area contributed by atoms with Crippen molar-refractivity contribution in [1.82, 2.24) is 5.32 Å². The first-order chi connectivity index (χ1) is 8.54. The van der Waals surface area contributed by atoms with E-state index in [1.165, 1.54) is 0 Å². The maximum Gasteiger partial charge on any atom is 0.253 e. The summed E-state index contributed by atoms with van der Waals surface area (Å²) in [6, 6.07) is 7.77. The predicted molar refractivity (Wildman–Crippen MR) is 77.0 cm³/mol. The third kappa shape index (κ3) is 4.40. The van der Waals surface area contributed by atoms with Crippen LogP contribution in [-0.4, -0.2) is 19.0 Å². The lowest BCUT2D eigenvalue weighted by Gasteiger charge is -2.16. The molecule has 0 bridgehead atoms. The molecule has 0 aliphatic rings. The summed E-state index contributed by atoms with van der Waals surface area (Å²) in [6.07, 6.45) is 2.15. The Labute approximate surface area is 110 Å². The van der Waals surface area contributed by atoms with Crippen LogP contribution in [0.15, 0.2) is 24.3 Å². The van der Waals surface area contributed by atoms with E-state index < -0.39 is 0 Å². The van der Waals surface area contributed by atoms with Gasteiger partial charge in [-0.2, -0.15) is 0 Å². The molecule has 0 aliphatic heterocycles. The Bertz CT molecular complexity index is 388. The van der Waals surface area contributed by atoms with Gasteiger partial charge in [-0.15, -0.1) is 0 Å². The van der Waals surface area contributed by atoms with Crippen molar-refractivity contribution in [2.75, 3.05) is 12.4 Å². The van der Waals surface area contributed by atoms with Gasteiger partial charge in [-0.25, -0.2) is 0 Å². The zero-order valence-corrected chi connectivity index (χ0v) is 11.8. The van der Waals surface area contributed by atoms with Gasteiger partial charge in [-0.3, -0.25) is 4.79 Å². The molecule has 0 saturated carbocycles. The van der Waals surface area contributed by atoms with E-state index in [-0.39, 0.29) is 11.9 Å². The monoisotopic (exact) mass is 248 g/mol. The molecule has 0 spiro atoms. The minimum absolute atomic E-state index is 0.00351. The summed E-state index contributed by atoms with van der Waals surface area (Å²) >= 11 is 0. The molecule has 18 heavy (non-hydrogen) atoms. The number of nitrogens with one attached hydrogen (secondary N) is 2. The van der Waals surface area contributed by atoms with E-state index in [1.54, 1.807) is 0 Å². The molecule has 0 fully saturated rings. The van der Waals surface area contributed by atoms with Crippen molar-refractivity contribution in [2.45, 2.75) is 39.7 Å². The van der Waals surface area contributed by atoms with Gasteiger partial charge in [-0.05, 0) is 37.8 Å². The second-order valence-corrected chi connectivity index (χ2v) is 5.14. The standard InChI is InChI=1S/C15H24N2O/c1-11(2)9-10-12(3)17-15(18)13-7-5-6-8-14(13)16-4/h5-8,11-12,16H,9-10H2,1-4H3,(H,17,18). The second kappa shape index (κ2) is 7.04. The number of amides is 1. The van der Waals surface area contributed by atoms with E-state index in [2.05, 4.69) is 31.4 Å². The molecule has 0 aromatic heterocycles. The zero-order chi connectivity index (χ0) is 13.5. The first-order valence-electron chi connectivity index (χ1n) is 6.62. The smallest absolute Gasteiger partial charge is 0.253 e. The Hall–Kier alpha value is -1.51. The molecule has 1 atom stereocenters. The molecule has 1 unspecified atom stereocenters. The first-order valence-corrected chi connectivity index (χ1v) is 6.62. The Morgan fingerprint density at radius 2 is 1.83 bits per heavy atom. The molecule has 1 aromatic carbocycles. The highest BCUT2D eigenvalue weighted by atomic mass is 16.1. The number of benzene rings is 1. The van der Waals surface area contributed by atoms with E-state index in [0.29, 0.717) is 11.5 Å². The predicted octanol–water partition coefficient (Wildman–Crippen LogP) is 3.28. The van der Waals surface area contributed by atoms with Crippen LogP contribution in [0.1, 0.15) is 44.0 Å². The van der Waals surface area contributed by atoms with Crippen LogP contribution in [0.25, 0.3) is 0 Å². The third-order valence-electron chi connectivity index (χ3n) is 3.00.